The number of hydrogen-bond donors (Lipinski definition) is 0. The zero-order chi connectivity index (χ0) is 20.4. The van der Waals surface area contributed by atoms with Gasteiger partial charge in [-0.1, -0.05) is 65.7 Å². The van der Waals surface area contributed by atoms with Crippen molar-refractivity contribution < 1.29 is 4.74 Å². The summed E-state index contributed by atoms with van der Waals surface area (Å²) in [5.41, 5.74) is 6.09. The topological polar surface area (TPSA) is 21.6 Å². The summed E-state index contributed by atoms with van der Waals surface area (Å²) >= 11 is 12.4. The summed E-state index contributed by atoms with van der Waals surface area (Å²) in [5, 5.41) is 1.20. The van der Waals surface area contributed by atoms with Crippen LogP contribution in [0.1, 0.15) is 54.0 Å². The Balaban J connectivity index is 1.67. The van der Waals surface area contributed by atoms with Crippen LogP contribution in [0, 0.1) is 0 Å². The molecule has 0 aliphatic heterocycles. The molecule has 0 saturated carbocycles. The number of ether oxygens (including phenoxy) is 1. The Morgan fingerprint density at radius 3 is 2.45 bits per heavy atom. The van der Waals surface area contributed by atoms with Crippen molar-refractivity contribution in [3.63, 3.8) is 0 Å². The van der Waals surface area contributed by atoms with Crippen molar-refractivity contribution in [1.82, 2.24) is 0 Å². The second kappa shape index (κ2) is 8.61. The molecule has 0 bridgehead atoms. The van der Waals surface area contributed by atoms with E-state index >= 15 is 0 Å². The lowest BCUT2D eigenvalue weighted by molar-refractivity contribution is 0.414. The molecule has 0 heterocycles. The highest BCUT2D eigenvalue weighted by molar-refractivity contribution is 6.42. The van der Waals surface area contributed by atoms with Crippen LogP contribution in [0.3, 0.4) is 0 Å². The Kier molecular flexibility index (Phi) is 5.94. The SMILES string of the molecule is COc1ccc(C(C)N=C2CC[C@@H](c3ccc(Cl)c(Cl)c3)c3ccccc32)cc1. The Bertz CT molecular complexity index is 1040. The highest BCUT2D eigenvalue weighted by Gasteiger charge is 2.26. The predicted molar refractivity (Wildman–Crippen MR) is 122 cm³/mol. The highest BCUT2D eigenvalue weighted by atomic mass is 35.5. The maximum atomic E-state index is 6.28. The average Bonchev–Trinajstić information content (AvgIpc) is 2.76. The number of hydrogen-bond acceptors (Lipinski definition) is 2. The van der Waals surface area contributed by atoms with Crippen molar-refractivity contribution in [2.75, 3.05) is 7.11 Å². The number of halogens is 2. The molecule has 0 amide bonds. The van der Waals surface area contributed by atoms with E-state index in [0.29, 0.717) is 16.0 Å². The van der Waals surface area contributed by atoms with Crippen molar-refractivity contribution in [2.24, 2.45) is 4.99 Å². The lowest BCUT2D eigenvalue weighted by Gasteiger charge is -2.28. The molecule has 0 spiro atoms. The second-order valence-electron chi connectivity index (χ2n) is 7.38. The molecule has 29 heavy (non-hydrogen) atoms. The molecular formula is C25H23Cl2NO. The number of nitrogens with zero attached hydrogens (tertiary/aromatic N) is 1. The van der Waals surface area contributed by atoms with E-state index in [2.05, 4.69) is 49.4 Å². The van der Waals surface area contributed by atoms with Gasteiger partial charge in [-0.3, -0.25) is 4.99 Å². The molecule has 148 valence electrons. The maximum absolute atomic E-state index is 6.28. The van der Waals surface area contributed by atoms with Crippen molar-refractivity contribution in [2.45, 2.75) is 31.7 Å². The first-order chi connectivity index (χ1) is 14.1. The van der Waals surface area contributed by atoms with Crippen LogP contribution in [-0.4, -0.2) is 12.8 Å². The summed E-state index contributed by atoms with van der Waals surface area (Å²) in [7, 11) is 1.68. The van der Waals surface area contributed by atoms with Crippen molar-refractivity contribution in [3.8, 4) is 5.75 Å². The quantitative estimate of drug-likeness (QED) is 0.426. The molecule has 1 aliphatic rings. The first-order valence-electron chi connectivity index (χ1n) is 9.81. The number of benzene rings is 3. The fourth-order valence-electron chi connectivity index (χ4n) is 4.04. The van der Waals surface area contributed by atoms with Crippen LogP contribution in [0.15, 0.2) is 71.7 Å². The Morgan fingerprint density at radius 1 is 0.966 bits per heavy atom. The van der Waals surface area contributed by atoms with Crippen LogP contribution in [0.4, 0.5) is 0 Å². The number of aliphatic imine (C=N–C) groups is 1. The largest absolute Gasteiger partial charge is 0.497 e. The van der Waals surface area contributed by atoms with Gasteiger partial charge in [0.05, 0.1) is 23.2 Å². The van der Waals surface area contributed by atoms with E-state index in [0.717, 1.165) is 18.6 Å². The van der Waals surface area contributed by atoms with E-state index in [9.17, 15) is 0 Å². The van der Waals surface area contributed by atoms with Gasteiger partial charge in [-0.15, -0.1) is 0 Å². The first-order valence-corrected chi connectivity index (χ1v) is 10.6. The first kappa shape index (κ1) is 20.0. The molecule has 3 aromatic rings. The minimum atomic E-state index is 0.0884. The summed E-state index contributed by atoms with van der Waals surface area (Å²) in [4.78, 5) is 5.09. The molecule has 3 aromatic carbocycles. The van der Waals surface area contributed by atoms with Crippen molar-refractivity contribution in [1.29, 1.82) is 0 Å². The van der Waals surface area contributed by atoms with E-state index in [-0.39, 0.29) is 6.04 Å². The summed E-state index contributed by atoms with van der Waals surface area (Å²) in [6.45, 7) is 2.14. The Morgan fingerprint density at radius 2 is 1.72 bits per heavy atom. The summed E-state index contributed by atoms with van der Waals surface area (Å²) in [5.74, 6) is 1.16. The van der Waals surface area contributed by atoms with E-state index in [1.165, 1.54) is 28.0 Å². The number of rotatable bonds is 4. The zero-order valence-corrected chi connectivity index (χ0v) is 18.0. The van der Waals surface area contributed by atoms with Gasteiger partial charge in [-0.05, 0) is 66.3 Å². The minimum Gasteiger partial charge on any atom is -0.497 e. The van der Waals surface area contributed by atoms with Crippen LogP contribution in [0.2, 0.25) is 10.0 Å². The molecule has 0 aromatic heterocycles. The van der Waals surface area contributed by atoms with Gasteiger partial charge in [-0.2, -0.15) is 0 Å². The van der Waals surface area contributed by atoms with Gasteiger partial charge in [0.15, 0.2) is 0 Å². The van der Waals surface area contributed by atoms with Crippen LogP contribution < -0.4 is 4.74 Å². The summed E-state index contributed by atoms with van der Waals surface area (Å²) in [6, 6.07) is 22.8. The Hall–Kier alpha value is -2.29. The van der Waals surface area contributed by atoms with Crippen LogP contribution in [0.25, 0.3) is 0 Å². The van der Waals surface area contributed by atoms with Gasteiger partial charge >= 0.3 is 0 Å². The molecule has 1 unspecified atom stereocenters. The minimum absolute atomic E-state index is 0.0884. The van der Waals surface area contributed by atoms with E-state index in [1.54, 1.807) is 7.11 Å². The lowest BCUT2D eigenvalue weighted by atomic mass is 9.78. The molecular weight excluding hydrogens is 401 g/mol. The molecule has 2 nitrogen and oxygen atoms in total. The van der Waals surface area contributed by atoms with E-state index in [4.69, 9.17) is 32.9 Å². The monoisotopic (exact) mass is 423 g/mol. The average molecular weight is 424 g/mol. The Labute approximate surface area is 182 Å². The molecule has 0 radical (unpaired) electrons. The van der Waals surface area contributed by atoms with Gasteiger partial charge < -0.3 is 4.74 Å². The molecule has 0 fully saturated rings. The van der Waals surface area contributed by atoms with Crippen LogP contribution >= 0.6 is 23.2 Å². The van der Waals surface area contributed by atoms with Crippen LogP contribution in [-0.2, 0) is 0 Å². The normalized spacial score (nSPS) is 18.3. The smallest absolute Gasteiger partial charge is 0.118 e. The van der Waals surface area contributed by atoms with Crippen molar-refractivity contribution in [3.05, 3.63) is 99.0 Å². The lowest BCUT2D eigenvalue weighted by Crippen LogP contribution is -2.18. The molecule has 0 N–H and O–H groups in total. The molecule has 0 saturated heterocycles. The van der Waals surface area contributed by atoms with Crippen molar-refractivity contribution >= 4 is 28.9 Å². The third kappa shape index (κ3) is 4.19. The van der Waals surface area contributed by atoms with Crippen LogP contribution in [0.5, 0.6) is 5.75 Å². The molecule has 4 rings (SSSR count). The molecule has 1 aliphatic carbocycles. The summed E-state index contributed by atoms with van der Waals surface area (Å²) < 4.78 is 5.26. The fraction of sp³-hybridized carbons (Fsp3) is 0.240. The second-order valence-corrected chi connectivity index (χ2v) is 8.19. The van der Waals surface area contributed by atoms with Gasteiger partial charge in [0.2, 0.25) is 0 Å². The third-order valence-corrected chi connectivity index (χ3v) is 6.35. The van der Waals surface area contributed by atoms with Gasteiger partial charge in [0.1, 0.15) is 5.75 Å². The number of fused-ring (bicyclic) bond motifs is 1. The van der Waals surface area contributed by atoms with Gasteiger partial charge in [0, 0.05) is 11.6 Å². The van der Waals surface area contributed by atoms with E-state index in [1.807, 2.05) is 24.3 Å². The zero-order valence-electron chi connectivity index (χ0n) is 16.5. The molecule has 4 heteroatoms. The molecule has 2 atom stereocenters. The van der Waals surface area contributed by atoms with Gasteiger partial charge in [-0.25, -0.2) is 0 Å². The third-order valence-electron chi connectivity index (χ3n) is 5.61. The predicted octanol–water partition coefficient (Wildman–Crippen LogP) is 7.48. The summed E-state index contributed by atoms with van der Waals surface area (Å²) in [6.07, 6.45) is 1.94. The van der Waals surface area contributed by atoms with E-state index < -0.39 is 0 Å². The fourth-order valence-corrected chi connectivity index (χ4v) is 4.34. The standard InChI is InChI=1S/C25H23Cl2NO/c1-16(17-7-10-19(29-2)11-8-17)28-25-14-12-20(21-5-3-4-6-22(21)25)18-9-13-23(26)24(27)15-18/h3-11,13,15-16,20H,12,14H2,1-2H3/t16?,20-/m0/s1. The number of methoxy groups -OCH3 is 1. The maximum Gasteiger partial charge on any atom is 0.118 e. The highest BCUT2D eigenvalue weighted by Crippen LogP contribution is 2.39. The van der Waals surface area contributed by atoms with Gasteiger partial charge in [0.25, 0.3) is 0 Å².